The molecule has 4 rings (SSSR count). The van der Waals surface area contributed by atoms with E-state index >= 15 is 0 Å². The number of likely N-dealkylation sites (N-methyl/N-ethyl adjacent to an activating group) is 1. The van der Waals surface area contributed by atoms with Gasteiger partial charge in [-0.1, -0.05) is 0 Å². The number of hydrogen-bond donors (Lipinski definition) is 3. The lowest BCUT2D eigenvalue weighted by Crippen LogP contribution is -2.30. The number of hydrogen-bond acceptors (Lipinski definition) is 6. The van der Waals surface area contributed by atoms with Crippen LogP contribution >= 0.6 is 11.3 Å². The molecule has 6 nitrogen and oxygen atoms in total. The molecule has 31 heavy (non-hydrogen) atoms. The Hall–Kier alpha value is -2.78. The number of carbonyl (C=O) groups is 1. The Balaban J connectivity index is 1.41. The van der Waals surface area contributed by atoms with Gasteiger partial charge >= 0.3 is 0 Å². The van der Waals surface area contributed by atoms with Crippen molar-refractivity contribution in [2.75, 3.05) is 37.3 Å². The molecule has 0 radical (unpaired) electrons. The van der Waals surface area contributed by atoms with Gasteiger partial charge in [-0.3, -0.25) is 4.79 Å². The van der Waals surface area contributed by atoms with E-state index in [0.29, 0.717) is 28.5 Å². The Morgan fingerprint density at radius 3 is 2.87 bits per heavy atom. The Morgan fingerprint density at radius 2 is 2.13 bits per heavy atom. The lowest BCUT2D eigenvalue weighted by Gasteiger charge is -2.20. The van der Waals surface area contributed by atoms with Gasteiger partial charge in [0.2, 0.25) is 0 Å². The van der Waals surface area contributed by atoms with E-state index in [2.05, 4.69) is 15.6 Å². The van der Waals surface area contributed by atoms with Crippen LogP contribution in [0, 0.1) is 18.6 Å². The van der Waals surface area contributed by atoms with E-state index in [0.717, 1.165) is 17.5 Å². The SMILES string of the molecule is CNC1CCN(c2cc(F)c(CCNC(=O)c3sc4nc(C)ccc4c3N)cc2F)C1. The van der Waals surface area contributed by atoms with Crippen LogP contribution < -0.4 is 21.3 Å². The van der Waals surface area contributed by atoms with Gasteiger partial charge in [0.15, 0.2) is 0 Å². The van der Waals surface area contributed by atoms with Crippen molar-refractivity contribution in [1.82, 2.24) is 15.6 Å². The number of benzene rings is 1. The molecule has 0 bridgehead atoms. The van der Waals surface area contributed by atoms with E-state index in [1.54, 1.807) is 0 Å². The number of nitrogens with zero attached hydrogens (tertiary/aromatic N) is 2. The van der Waals surface area contributed by atoms with Crippen molar-refractivity contribution < 1.29 is 13.6 Å². The Bertz CT molecular complexity index is 1130. The monoisotopic (exact) mass is 445 g/mol. The molecule has 3 heterocycles. The summed E-state index contributed by atoms with van der Waals surface area (Å²) in [6, 6.07) is 6.44. The molecule has 1 atom stereocenters. The highest BCUT2D eigenvalue weighted by molar-refractivity contribution is 7.21. The van der Waals surface area contributed by atoms with E-state index < -0.39 is 11.6 Å². The third-order valence-corrected chi connectivity index (χ3v) is 6.79. The van der Waals surface area contributed by atoms with Crippen LogP contribution in [0.3, 0.4) is 0 Å². The third kappa shape index (κ3) is 4.33. The molecular formula is C22H25F2N5OS. The molecule has 1 aliphatic rings. The molecular weight excluding hydrogens is 420 g/mol. The van der Waals surface area contributed by atoms with Crippen molar-refractivity contribution in [2.24, 2.45) is 0 Å². The van der Waals surface area contributed by atoms with Crippen LogP contribution in [0.2, 0.25) is 0 Å². The third-order valence-electron chi connectivity index (χ3n) is 5.67. The van der Waals surface area contributed by atoms with Crippen molar-refractivity contribution in [1.29, 1.82) is 0 Å². The second kappa shape index (κ2) is 8.76. The number of nitrogens with two attached hydrogens (primary N) is 1. The van der Waals surface area contributed by atoms with Crippen LogP contribution in [0.4, 0.5) is 20.2 Å². The number of amides is 1. The number of anilines is 2. The van der Waals surface area contributed by atoms with Gasteiger partial charge in [0.05, 0.1) is 11.4 Å². The van der Waals surface area contributed by atoms with Crippen molar-refractivity contribution in [3.05, 3.63) is 52.0 Å². The summed E-state index contributed by atoms with van der Waals surface area (Å²) in [7, 11) is 1.87. The number of thiophene rings is 1. The van der Waals surface area contributed by atoms with Gasteiger partial charge in [-0.15, -0.1) is 11.3 Å². The van der Waals surface area contributed by atoms with Crippen LogP contribution in [-0.4, -0.2) is 43.6 Å². The van der Waals surface area contributed by atoms with E-state index in [-0.39, 0.29) is 36.2 Å². The van der Waals surface area contributed by atoms with Gasteiger partial charge in [-0.05, 0) is 50.6 Å². The molecule has 9 heteroatoms. The summed E-state index contributed by atoms with van der Waals surface area (Å²) >= 11 is 1.22. The lowest BCUT2D eigenvalue weighted by atomic mass is 10.1. The molecule has 1 amide bonds. The summed E-state index contributed by atoms with van der Waals surface area (Å²) < 4.78 is 29.2. The minimum atomic E-state index is -0.473. The second-order valence-corrected chi connectivity index (χ2v) is 8.77. The maximum absolute atomic E-state index is 14.6. The largest absolute Gasteiger partial charge is 0.397 e. The first-order valence-corrected chi connectivity index (χ1v) is 11.0. The van der Waals surface area contributed by atoms with Gasteiger partial charge in [0.25, 0.3) is 5.91 Å². The standard InChI is InChI=1S/C22H25F2N5OS/c1-12-3-4-15-19(25)20(31-22(15)28-12)21(30)27-7-5-13-9-17(24)18(10-16(13)23)29-8-6-14(11-29)26-2/h3-4,9-10,14,26H,5-8,11,25H2,1-2H3,(H,27,30). The van der Waals surface area contributed by atoms with Crippen LogP contribution in [0.5, 0.6) is 0 Å². The smallest absolute Gasteiger partial charge is 0.263 e. The number of halogens is 2. The number of aryl methyl sites for hydroxylation is 1. The van der Waals surface area contributed by atoms with Crippen LogP contribution in [0.15, 0.2) is 24.3 Å². The van der Waals surface area contributed by atoms with Crippen molar-refractivity contribution in [3.63, 3.8) is 0 Å². The number of carbonyl (C=O) groups excluding carboxylic acids is 1. The quantitative estimate of drug-likeness (QED) is 0.543. The fourth-order valence-electron chi connectivity index (χ4n) is 3.88. The van der Waals surface area contributed by atoms with Gasteiger partial charge in [0, 0.05) is 42.8 Å². The van der Waals surface area contributed by atoms with Crippen molar-refractivity contribution in [3.8, 4) is 0 Å². The highest BCUT2D eigenvalue weighted by Gasteiger charge is 2.24. The zero-order valence-corrected chi connectivity index (χ0v) is 18.3. The first-order valence-electron chi connectivity index (χ1n) is 10.2. The molecule has 1 aromatic carbocycles. The first-order chi connectivity index (χ1) is 14.9. The molecule has 1 saturated heterocycles. The summed E-state index contributed by atoms with van der Waals surface area (Å²) in [6.07, 6.45) is 1.07. The van der Waals surface area contributed by atoms with Gasteiger partial charge in [-0.25, -0.2) is 13.8 Å². The molecule has 0 spiro atoms. The molecule has 0 saturated carbocycles. The normalized spacial score (nSPS) is 16.3. The maximum atomic E-state index is 14.6. The summed E-state index contributed by atoms with van der Waals surface area (Å²) in [5.74, 6) is -1.26. The molecule has 1 aliphatic heterocycles. The van der Waals surface area contributed by atoms with E-state index in [4.69, 9.17) is 5.73 Å². The predicted molar refractivity (Wildman–Crippen MR) is 121 cm³/mol. The summed E-state index contributed by atoms with van der Waals surface area (Å²) in [6.45, 7) is 3.37. The maximum Gasteiger partial charge on any atom is 0.263 e. The van der Waals surface area contributed by atoms with Crippen LogP contribution in [0.1, 0.15) is 27.3 Å². The van der Waals surface area contributed by atoms with E-state index in [9.17, 15) is 13.6 Å². The predicted octanol–water partition coefficient (Wildman–Crippen LogP) is 3.24. The Labute approximate surface area is 183 Å². The van der Waals surface area contributed by atoms with Crippen molar-refractivity contribution in [2.45, 2.75) is 25.8 Å². The highest BCUT2D eigenvalue weighted by atomic mass is 32.1. The number of nitrogens with one attached hydrogen (secondary N) is 2. The molecule has 4 N–H and O–H groups in total. The number of nitrogen functional groups attached to an aromatic ring is 1. The molecule has 0 aliphatic carbocycles. The number of pyridine rings is 1. The second-order valence-electron chi connectivity index (χ2n) is 7.77. The average molecular weight is 446 g/mol. The van der Waals surface area contributed by atoms with E-state index in [1.807, 2.05) is 31.0 Å². The zero-order chi connectivity index (χ0) is 22.1. The average Bonchev–Trinajstić information content (AvgIpc) is 3.34. The minimum absolute atomic E-state index is 0.167. The molecule has 1 unspecified atom stereocenters. The Kier molecular flexibility index (Phi) is 6.06. The molecule has 1 fully saturated rings. The van der Waals surface area contributed by atoms with Gasteiger partial charge in [-0.2, -0.15) is 0 Å². The fraction of sp³-hybridized carbons (Fsp3) is 0.364. The minimum Gasteiger partial charge on any atom is -0.397 e. The van der Waals surface area contributed by atoms with E-state index in [1.165, 1.54) is 23.5 Å². The van der Waals surface area contributed by atoms with Crippen LogP contribution in [-0.2, 0) is 6.42 Å². The highest BCUT2D eigenvalue weighted by Crippen LogP contribution is 2.32. The number of rotatable bonds is 6. The number of fused-ring (bicyclic) bond motifs is 1. The Morgan fingerprint density at radius 1 is 1.32 bits per heavy atom. The summed E-state index contributed by atoms with van der Waals surface area (Å²) in [5, 5.41) is 6.66. The van der Waals surface area contributed by atoms with Gasteiger partial charge < -0.3 is 21.3 Å². The molecule has 164 valence electrons. The summed E-state index contributed by atoms with van der Waals surface area (Å²) in [4.78, 5) is 19.9. The topological polar surface area (TPSA) is 83.3 Å². The zero-order valence-electron chi connectivity index (χ0n) is 17.5. The van der Waals surface area contributed by atoms with Crippen LogP contribution in [0.25, 0.3) is 10.2 Å². The summed E-state index contributed by atoms with van der Waals surface area (Å²) in [5.41, 5.74) is 7.85. The number of aromatic nitrogens is 1. The lowest BCUT2D eigenvalue weighted by molar-refractivity contribution is 0.0959. The first kappa shape index (κ1) is 21.5. The molecule has 3 aromatic rings. The van der Waals surface area contributed by atoms with Gasteiger partial charge in [0.1, 0.15) is 21.3 Å². The van der Waals surface area contributed by atoms with Crippen molar-refractivity contribution >= 4 is 38.8 Å². The molecule has 2 aromatic heterocycles. The fourth-order valence-corrected chi connectivity index (χ4v) is 4.93.